The SMILES string of the molecule is COc1ccc(CCC(=O)NCCc2ccc(C(=O)O)cc2OC)cc1Cl. The number of carbonyl (C=O) groups is 2. The van der Waals surface area contributed by atoms with Gasteiger partial charge < -0.3 is 19.9 Å². The van der Waals surface area contributed by atoms with Crippen molar-refractivity contribution in [3.8, 4) is 11.5 Å². The van der Waals surface area contributed by atoms with Crippen LogP contribution in [0, 0.1) is 0 Å². The van der Waals surface area contributed by atoms with Crippen LogP contribution in [0.4, 0.5) is 0 Å². The predicted octanol–water partition coefficient (Wildman–Crippen LogP) is 3.35. The molecule has 0 aliphatic carbocycles. The summed E-state index contributed by atoms with van der Waals surface area (Å²) in [6.45, 7) is 0.435. The van der Waals surface area contributed by atoms with E-state index in [1.165, 1.54) is 19.2 Å². The van der Waals surface area contributed by atoms with Crippen molar-refractivity contribution < 1.29 is 24.2 Å². The molecule has 2 aromatic rings. The zero-order chi connectivity index (χ0) is 19.8. The fourth-order valence-electron chi connectivity index (χ4n) is 2.63. The molecule has 0 heterocycles. The smallest absolute Gasteiger partial charge is 0.335 e. The topological polar surface area (TPSA) is 84.9 Å². The largest absolute Gasteiger partial charge is 0.496 e. The number of carboxylic acid groups (broad SMARTS) is 1. The first kappa shape index (κ1) is 20.6. The number of aryl methyl sites for hydroxylation is 1. The summed E-state index contributed by atoms with van der Waals surface area (Å²) in [4.78, 5) is 23.0. The van der Waals surface area contributed by atoms with Gasteiger partial charge in [-0.25, -0.2) is 4.79 Å². The number of benzene rings is 2. The lowest BCUT2D eigenvalue weighted by Crippen LogP contribution is -2.26. The first-order chi connectivity index (χ1) is 12.9. The van der Waals surface area contributed by atoms with Gasteiger partial charge in [-0.3, -0.25) is 4.79 Å². The first-order valence-corrected chi connectivity index (χ1v) is 8.81. The van der Waals surface area contributed by atoms with E-state index in [1.54, 1.807) is 25.3 Å². The maximum Gasteiger partial charge on any atom is 0.335 e. The van der Waals surface area contributed by atoms with E-state index in [0.29, 0.717) is 42.3 Å². The molecule has 144 valence electrons. The van der Waals surface area contributed by atoms with Crippen molar-refractivity contribution in [1.29, 1.82) is 0 Å². The van der Waals surface area contributed by atoms with Gasteiger partial charge in [-0.15, -0.1) is 0 Å². The summed E-state index contributed by atoms with van der Waals surface area (Å²) in [6, 6.07) is 10.2. The second-order valence-electron chi connectivity index (χ2n) is 5.90. The third-order valence-corrected chi connectivity index (χ3v) is 4.40. The molecule has 7 heteroatoms. The molecule has 0 unspecified atom stereocenters. The molecule has 0 fully saturated rings. The number of carbonyl (C=O) groups excluding carboxylic acids is 1. The minimum atomic E-state index is -1.01. The zero-order valence-electron chi connectivity index (χ0n) is 15.3. The van der Waals surface area contributed by atoms with Crippen molar-refractivity contribution in [2.24, 2.45) is 0 Å². The Bertz CT molecular complexity index is 822. The number of ether oxygens (including phenoxy) is 2. The van der Waals surface area contributed by atoms with E-state index in [0.717, 1.165) is 11.1 Å². The van der Waals surface area contributed by atoms with Gasteiger partial charge in [0, 0.05) is 13.0 Å². The van der Waals surface area contributed by atoms with Crippen LogP contribution in [0.15, 0.2) is 36.4 Å². The molecule has 2 rings (SSSR count). The summed E-state index contributed by atoms with van der Waals surface area (Å²) in [5, 5.41) is 12.4. The van der Waals surface area contributed by atoms with Crippen LogP contribution in [-0.2, 0) is 17.6 Å². The van der Waals surface area contributed by atoms with E-state index < -0.39 is 5.97 Å². The summed E-state index contributed by atoms with van der Waals surface area (Å²) < 4.78 is 10.3. The number of amides is 1. The molecule has 0 spiro atoms. The third kappa shape index (κ3) is 5.89. The van der Waals surface area contributed by atoms with Crippen molar-refractivity contribution in [2.75, 3.05) is 20.8 Å². The Labute approximate surface area is 163 Å². The van der Waals surface area contributed by atoms with Gasteiger partial charge in [0.25, 0.3) is 0 Å². The van der Waals surface area contributed by atoms with Gasteiger partial charge in [0.05, 0.1) is 24.8 Å². The van der Waals surface area contributed by atoms with Crippen LogP contribution >= 0.6 is 11.6 Å². The average molecular weight is 392 g/mol. The highest BCUT2D eigenvalue weighted by Gasteiger charge is 2.10. The minimum absolute atomic E-state index is 0.0666. The van der Waals surface area contributed by atoms with E-state index in [4.69, 9.17) is 26.2 Å². The number of hydrogen-bond donors (Lipinski definition) is 2. The van der Waals surface area contributed by atoms with Gasteiger partial charge in [0.2, 0.25) is 5.91 Å². The van der Waals surface area contributed by atoms with E-state index in [1.807, 2.05) is 6.07 Å². The highest BCUT2D eigenvalue weighted by atomic mass is 35.5. The summed E-state index contributed by atoms with van der Waals surface area (Å²) >= 11 is 6.08. The Morgan fingerprint density at radius 2 is 1.78 bits per heavy atom. The molecule has 27 heavy (non-hydrogen) atoms. The molecule has 6 nitrogen and oxygen atoms in total. The van der Waals surface area contributed by atoms with Crippen molar-refractivity contribution in [3.05, 3.63) is 58.1 Å². The molecule has 0 saturated carbocycles. The summed E-state index contributed by atoms with van der Waals surface area (Å²) in [5.41, 5.74) is 1.96. The molecule has 2 N–H and O–H groups in total. The number of halogens is 1. The monoisotopic (exact) mass is 391 g/mol. The van der Waals surface area contributed by atoms with Crippen molar-refractivity contribution in [3.63, 3.8) is 0 Å². The normalized spacial score (nSPS) is 10.3. The van der Waals surface area contributed by atoms with Crippen molar-refractivity contribution in [2.45, 2.75) is 19.3 Å². The lowest BCUT2D eigenvalue weighted by atomic mass is 10.1. The van der Waals surface area contributed by atoms with E-state index in [2.05, 4.69) is 5.32 Å². The average Bonchev–Trinajstić information content (AvgIpc) is 2.66. The van der Waals surface area contributed by atoms with E-state index >= 15 is 0 Å². The number of methoxy groups -OCH3 is 2. The lowest BCUT2D eigenvalue weighted by Gasteiger charge is -2.10. The number of nitrogens with one attached hydrogen (secondary N) is 1. The lowest BCUT2D eigenvalue weighted by molar-refractivity contribution is -0.121. The summed E-state index contributed by atoms with van der Waals surface area (Å²) in [6.07, 6.45) is 1.47. The van der Waals surface area contributed by atoms with Gasteiger partial charge in [-0.05, 0) is 48.2 Å². The number of aromatic carboxylic acids is 1. The maximum absolute atomic E-state index is 12.0. The molecular weight excluding hydrogens is 370 g/mol. The van der Waals surface area contributed by atoms with Crippen LogP contribution in [0.5, 0.6) is 11.5 Å². The highest BCUT2D eigenvalue weighted by molar-refractivity contribution is 6.32. The number of carboxylic acids is 1. The van der Waals surface area contributed by atoms with E-state index in [9.17, 15) is 9.59 Å². The molecule has 0 radical (unpaired) electrons. The molecule has 1 amide bonds. The molecule has 0 saturated heterocycles. The zero-order valence-corrected chi connectivity index (χ0v) is 16.0. The van der Waals surface area contributed by atoms with Crippen molar-refractivity contribution >= 4 is 23.5 Å². The standard InChI is InChI=1S/C20H22ClNO5/c1-26-17-7-3-13(11-16(17)21)4-8-19(23)22-10-9-14-5-6-15(20(24)25)12-18(14)27-2/h3,5-7,11-12H,4,8-10H2,1-2H3,(H,22,23)(H,24,25). The third-order valence-electron chi connectivity index (χ3n) is 4.11. The van der Waals surface area contributed by atoms with Crippen LogP contribution in [0.3, 0.4) is 0 Å². The molecule has 2 aromatic carbocycles. The minimum Gasteiger partial charge on any atom is -0.496 e. The second-order valence-corrected chi connectivity index (χ2v) is 6.31. The Kier molecular flexibility index (Phi) is 7.49. The fraction of sp³-hybridized carbons (Fsp3) is 0.300. The van der Waals surface area contributed by atoms with Gasteiger partial charge in [-0.2, -0.15) is 0 Å². The highest BCUT2D eigenvalue weighted by Crippen LogP contribution is 2.25. The Balaban J connectivity index is 1.82. The van der Waals surface area contributed by atoms with Crippen molar-refractivity contribution in [1.82, 2.24) is 5.32 Å². The van der Waals surface area contributed by atoms with Gasteiger partial charge in [0.1, 0.15) is 11.5 Å². The van der Waals surface area contributed by atoms with Crippen LogP contribution in [0.1, 0.15) is 27.9 Å². The molecular formula is C20H22ClNO5. The second kappa shape index (κ2) is 9.83. The number of rotatable bonds is 9. The van der Waals surface area contributed by atoms with E-state index in [-0.39, 0.29) is 11.5 Å². The van der Waals surface area contributed by atoms with Gasteiger partial charge in [0.15, 0.2) is 0 Å². The molecule has 0 aliphatic rings. The molecule has 0 aliphatic heterocycles. The Morgan fingerprint density at radius 1 is 1.04 bits per heavy atom. The maximum atomic E-state index is 12.0. The summed E-state index contributed by atoms with van der Waals surface area (Å²) in [7, 11) is 3.04. The van der Waals surface area contributed by atoms with Crippen LogP contribution in [0.25, 0.3) is 0 Å². The van der Waals surface area contributed by atoms with Crippen LogP contribution in [0.2, 0.25) is 5.02 Å². The Morgan fingerprint density at radius 3 is 2.41 bits per heavy atom. The summed E-state index contributed by atoms with van der Waals surface area (Å²) in [5.74, 6) is 0.0274. The first-order valence-electron chi connectivity index (χ1n) is 8.44. The molecule has 0 atom stereocenters. The molecule has 0 bridgehead atoms. The fourth-order valence-corrected chi connectivity index (χ4v) is 2.91. The molecule has 0 aromatic heterocycles. The van der Waals surface area contributed by atoms with Gasteiger partial charge >= 0.3 is 5.97 Å². The Hall–Kier alpha value is -2.73. The van der Waals surface area contributed by atoms with Gasteiger partial charge in [-0.1, -0.05) is 23.7 Å². The van der Waals surface area contributed by atoms with Crippen LogP contribution in [-0.4, -0.2) is 37.7 Å². The quantitative estimate of drug-likeness (QED) is 0.684. The van der Waals surface area contributed by atoms with Crippen LogP contribution < -0.4 is 14.8 Å². The number of hydrogen-bond acceptors (Lipinski definition) is 4. The predicted molar refractivity (Wildman–Crippen MR) is 103 cm³/mol.